The van der Waals surface area contributed by atoms with Crippen LogP contribution in [-0.2, 0) is 0 Å². The molecule has 0 amide bonds. The lowest BCUT2D eigenvalue weighted by molar-refractivity contribution is 0.103. The summed E-state index contributed by atoms with van der Waals surface area (Å²) in [6, 6.07) is 71.2. The number of hydrogen-bond donors (Lipinski definition) is 0. The van der Waals surface area contributed by atoms with Gasteiger partial charge in [0.25, 0.3) is 0 Å². The standard InChI is InChI=1S/C50H36N2O2/c53-49(37-29-33-43(34-30-37)51(39-17-5-1-6-18-39)40-19-7-2-8-20-40)47-27-15-13-25-45(47)46-26-14-16-28-48(46)50(54)38-31-35-44(36-32-38)52(41-21-9-3-10-22-41)42-23-11-4-12-24-42/h1-36H. The third-order valence-corrected chi connectivity index (χ3v) is 9.47. The maximum Gasteiger partial charge on any atom is 0.193 e. The molecule has 8 aromatic rings. The Labute approximate surface area is 315 Å². The molecule has 54 heavy (non-hydrogen) atoms. The van der Waals surface area contributed by atoms with Gasteiger partial charge in [-0.1, -0.05) is 121 Å². The summed E-state index contributed by atoms with van der Waals surface area (Å²) >= 11 is 0. The SMILES string of the molecule is O=C(c1ccc(N(c2ccccc2)c2ccccc2)cc1)c1ccccc1-c1ccccc1C(=O)c1ccc(N(c2ccccc2)c2ccccc2)cc1. The summed E-state index contributed by atoms with van der Waals surface area (Å²) in [5, 5.41) is 0. The van der Waals surface area contributed by atoms with Gasteiger partial charge in [0, 0.05) is 56.4 Å². The third-order valence-electron chi connectivity index (χ3n) is 9.47. The van der Waals surface area contributed by atoms with E-state index in [1.165, 1.54) is 0 Å². The highest BCUT2D eigenvalue weighted by Crippen LogP contribution is 2.37. The first-order valence-electron chi connectivity index (χ1n) is 17.9. The van der Waals surface area contributed by atoms with Gasteiger partial charge >= 0.3 is 0 Å². The second-order valence-corrected chi connectivity index (χ2v) is 12.9. The monoisotopic (exact) mass is 696 g/mol. The van der Waals surface area contributed by atoms with E-state index in [9.17, 15) is 9.59 Å². The Balaban J connectivity index is 1.09. The number of carbonyl (C=O) groups excluding carboxylic acids is 2. The highest BCUT2D eigenvalue weighted by atomic mass is 16.1. The summed E-state index contributed by atoms with van der Waals surface area (Å²) in [5.74, 6) is -0.228. The van der Waals surface area contributed by atoms with Gasteiger partial charge in [0.15, 0.2) is 11.6 Å². The average Bonchev–Trinajstić information content (AvgIpc) is 3.25. The molecule has 0 bridgehead atoms. The maximum atomic E-state index is 14.2. The molecule has 0 aromatic heterocycles. The van der Waals surface area contributed by atoms with E-state index in [1.54, 1.807) is 0 Å². The van der Waals surface area contributed by atoms with Crippen molar-refractivity contribution in [2.75, 3.05) is 9.80 Å². The van der Waals surface area contributed by atoms with Crippen LogP contribution in [0.15, 0.2) is 218 Å². The van der Waals surface area contributed by atoms with Crippen LogP contribution in [-0.4, -0.2) is 11.6 Å². The Morgan fingerprint density at radius 2 is 0.500 bits per heavy atom. The predicted molar refractivity (Wildman–Crippen MR) is 221 cm³/mol. The molecule has 0 aliphatic rings. The van der Waals surface area contributed by atoms with Gasteiger partial charge in [-0.2, -0.15) is 0 Å². The van der Waals surface area contributed by atoms with E-state index in [0.717, 1.165) is 34.1 Å². The van der Waals surface area contributed by atoms with E-state index in [1.807, 2.05) is 170 Å². The Morgan fingerprint density at radius 1 is 0.259 bits per heavy atom. The van der Waals surface area contributed by atoms with Gasteiger partial charge in [0.2, 0.25) is 0 Å². The van der Waals surface area contributed by atoms with E-state index in [0.29, 0.717) is 33.4 Å². The number of para-hydroxylation sites is 4. The van der Waals surface area contributed by atoms with Crippen molar-refractivity contribution in [3.63, 3.8) is 0 Å². The van der Waals surface area contributed by atoms with Gasteiger partial charge in [-0.15, -0.1) is 0 Å². The molecule has 0 aliphatic heterocycles. The van der Waals surface area contributed by atoms with Gasteiger partial charge < -0.3 is 9.80 Å². The molecule has 0 saturated heterocycles. The molecular formula is C50H36N2O2. The fourth-order valence-corrected chi connectivity index (χ4v) is 6.87. The quantitative estimate of drug-likeness (QED) is 0.126. The highest BCUT2D eigenvalue weighted by molar-refractivity contribution is 6.17. The van der Waals surface area contributed by atoms with Gasteiger partial charge in [0.05, 0.1) is 0 Å². The average molecular weight is 697 g/mol. The van der Waals surface area contributed by atoms with Crippen molar-refractivity contribution >= 4 is 45.7 Å². The first-order valence-corrected chi connectivity index (χ1v) is 17.9. The van der Waals surface area contributed by atoms with Crippen LogP contribution in [0.5, 0.6) is 0 Å². The molecule has 0 radical (unpaired) electrons. The Morgan fingerprint density at radius 3 is 0.796 bits per heavy atom. The van der Waals surface area contributed by atoms with Crippen LogP contribution in [0.4, 0.5) is 34.1 Å². The molecule has 8 aromatic carbocycles. The van der Waals surface area contributed by atoms with Crippen molar-refractivity contribution in [2.24, 2.45) is 0 Å². The minimum absolute atomic E-state index is 0.114. The van der Waals surface area contributed by atoms with Crippen molar-refractivity contribution in [3.05, 3.63) is 241 Å². The largest absolute Gasteiger partial charge is 0.311 e. The second-order valence-electron chi connectivity index (χ2n) is 12.9. The van der Waals surface area contributed by atoms with Crippen LogP contribution < -0.4 is 9.80 Å². The molecule has 0 N–H and O–H groups in total. The number of anilines is 6. The maximum absolute atomic E-state index is 14.2. The first kappa shape index (κ1) is 33.8. The van der Waals surface area contributed by atoms with E-state index in [4.69, 9.17) is 0 Å². The molecule has 0 atom stereocenters. The fourth-order valence-electron chi connectivity index (χ4n) is 6.87. The third kappa shape index (κ3) is 6.97. The summed E-state index contributed by atoms with van der Waals surface area (Å²) in [4.78, 5) is 32.8. The van der Waals surface area contributed by atoms with E-state index in [-0.39, 0.29) is 11.6 Å². The Kier molecular flexibility index (Phi) is 9.72. The smallest absolute Gasteiger partial charge is 0.193 e. The van der Waals surface area contributed by atoms with Gasteiger partial charge in [-0.3, -0.25) is 9.59 Å². The number of carbonyl (C=O) groups is 2. The molecule has 0 spiro atoms. The van der Waals surface area contributed by atoms with Gasteiger partial charge in [-0.25, -0.2) is 0 Å². The van der Waals surface area contributed by atoms with Crippen molar-refractivity contribution in [3.8, 4) is 11.1 Å². The topological polar surface area (TPSA) is 40.6 Å². The van der Waals surface area contributed by atoms with Crippen LogP contribution in [0, 0.1) is 0 Å². The van der Waals surface area contributed by atoms with Crippen molar-refractivity contribution in [2.45, 2.75) is 0 Å². The minimum Gasteiger partial charge on any atom is -0.311 e. The normalized spacial score (nSPS) is 10.7. The zero-order chi connectivity index (χ0) is 36.7. The second kappa shape index (κ2) is 15.5. The molecule has 4 heteroatoms. The van der Waals surface area contributed by atoms with Crippen LogP contribution in [0.25, 0.3) is 11.1 Å². The van der Waals surface area contributed by atoms with Crippen LogP contribution >= 0.6 is 0 Å². The van der Waals surface area contributed by atoms with Crippen LogP contribution in [0.1, 0.15) is 31.8 Å². The number of ketones is 2. The first-order chi connectivity index (χ1) is 26.7. The van der Waals surface area contributed by atoms with E-state index in [2.05, 4.69) is 58.3 Å². The Hall–Kier alpha value is -7.30. The molecule has 8 rings (SSSR count). The zero-order valence-corrected chi connectivity index (χ0v) is 29.5. The van der Waals surface area contributed by atoms with Crippen molar-refractivity contribution in [1.82, 2.24) is 0 Å². The molecule has 0 aliphatic carbocycles. The van der Waals surface area contributed by atoms with Crippen molar-refractivity contribution in [1.29, 1.82) is 0 Å². The minimum atomic E-state index is -0.114. The van der Waals surface area contributed by atoms with Crippen molar-refractivity contribution < 1.29 is 9.59 Å². The summed E-state index contributed by atoms with van der Waals surface area (Å²) in [6.07, 6.45) is 0. The van der Waals surface area contributed by atoms with Crippen LogP contribution in [0.2, 0.25) is 0 Å². The van der Waals surface area contributed by atoms with E-state index < -0.39 is 0 Å². The summed E-state index contributed by atoms with van der Waals surface area (Å²) < 4.78 is 0. The van der Waals surface area contributed by atoms with Gasteiger partial charge in [0.1, 0.15) is 0 Å². The molecule has 258 valence electrons. The number of benzene rings is 8. The fraction of sp³-hybridized carbons (Fsp3) is 0. The lowest BCUT2D eigenvalue weighted by Crippen LogP contribution is -2.11. The Bertz CT molecular complexity index is 2240. The number of hydrogen-bond acceptors (Lipinski definition) is 4. The lowest BCUT2D eigenvalue weighted by atomic mass is 9.89. The van der Waals surface area contributed by atoms with Crippen LogP contribution in [0.3, 0.4) is 0 Å². The molecule has 0 unspecified atom stereocenters. The lowest BCUT2D eigenvalue weighted by Gasteiger charge is -2.25. The predicted octanol–water partition coefficient (Wildman–Crippen LogP) is 12.8. The number of rotatable bonds is 11. The zero-order valence-electron chi connectivity index (χ0n) is 29.5. The molecule has 0 fully saturated rings. The van der Waals surface area contributed by atoms with Gasteiger partial charge in [-0.05, 0) is 108 Å². The molecule has 0 saturated carbocycles. The summed E-state index contributed by atoms with van der Waals surface area (Å²) in [5.41, 5.74) is 9.58. The van der Waals surface area contributed by atoms with E-state index >= 15 is 0 Å². The highest BCUT2D eigenvalue weighted by Gasteiger charge is 2.21. The number of nitrogens with zero attached hydrogens (tertiary/aromatic N) is 2. The molecule has 0 heterocycles. The molecular weight excluding hydrogens is 661 g/mol. The molecule has 4 nitrogen and oxygen atoms in total. The summed E-state index contributed by atoms with van der Waals surface area (Å²) in [7, 11) is 0. The summed E-state index contributed by atoms with van der Waals surface area (Å²) in [6.45, 7) is 0.